The number of hydrogen-bond donors (Lipinski definition) is 4. The molecule has 2 atom stereocenters. The summed E-state index contributed by atoms with van der Waals surface area (Å²) in [6, 6.07) is 10.2. The van der Waals surface area contributed by atoms with E-state index in [9.17, 15) is 28.8 Å². The van der Waals surface area contributed by atoms with E-state index in [0.717, 1.165) is 21.4 Å². The minimum absolute atomic E-state index is 0.231. The second-order valence-electron chi connectivity index (χ2n) is 7.89. The van der Waals surface area contributed by atoms with E-state index in [-0.39, 0.29) is 12.3 Å². The number of phosphoric acid groups is 1. The Morgan fingerprint density at radius 2 is 1.86 bits per heavy atom. The predicted molar refractivity (Wildman–Crippen MR) is 122 cm³/mol. The van der Waals surface area contributed by atoms with Crippen LogP contribution in [0.4, 0.5) is 4.39 Å². The van der Waals surface area contributed by atoms with E-state index in [2.05, 4.69) is 9.51 Å². The molecule has 1 aliphatic heterocycles. The third kappa shape index (κ3) is 5.78. The van der Waals surface area contributed by atoms with Gasteiger partial charge in [-0.3, -0.25) is 23.4 Å². The zero-order valence-corrected chi connectivity index (χ0v) is 19.4. The van der Waals surface area contributed by atoms with Crippen molar-refractivity contribution in [3.05, 3.63) is 98.7 Å². The Balaban J connectivity index is 1.63. The van der Waals surface area contributed by atoms with Gasteiger partial charge in [-0.1, -0.05) is 12.1 Å². The van der Waals surface area contributed by atoms with E-state index in [4.69, 9.17) is 14.5 Å². The number of benzene rings is 1. The van der Waals surface area contributed by atoms with Gasteiger partial charge in [-0.15, -0.1) is 0 Å². The molecule has 190 valence electrons. The molecule has 0 amide bonds. The Hall–Kier alpha value is -3.61. The maximum atomic E-state index is 13.2. The molecule has 1 aliphatic rings. The van der Waals surface area contributed by atoms with Crippen molar-refractivity contribution >= 4 is 7.82 Å². The third-order valence-corrected chi connectivity index (χ3v) is 5.83. The summed E-state index contributed by atoms with van der Waals surface area (Å²) in [6.07, 6.45) is -0.657. The Kier molecular flexibility index (Phi) is 7.20. The van der Waals surface area contributed by atoms with Crippen LogP contribution in [0.15, 0.2) is 76.0 Å². The van der Waals surface area contributed by atoms with Crippen molar-refractivity contribution in [2.24, 2.45) is 0 Å². The quantitative estimate of drug-likeness (QED) is 0.333. The molecular weight excluding hydrogens is 500 g/mol. The monoisotopic (exact) mass is 521 g/mol. The number of rotatable bonds is 7. The minimum Gasteiger partial charge on any atom is -0.509 e. The molecule has 0 unspecified atom stereocenters. The third-order valence-electron chi connectivity index (χ3n) is 5.36. The summed E-state index contributed by atoms with van der Waals surface area (Å²) in [5, 5.41) is 20.4. The van der Waals surface area contributed by atoms with Gasteiger partial charge in [-0.2, -0.15) is 0 Å². The SMILES string of the molecule is O=c1ccn([C@@H]2OC(COP(=O)(O)O)=C(O)C[C@@H]2O)c(=O)n1Cc1cc(-c2ccc(F)cc2)ccn1. The second kappa shape index (κ2) is 10.2. The molecule has 0 bridgehead atoms. The van der Waals surface area contributed by atoms with Crippen LogP contribution < -0.4 is 11.2 Å². The van der Waals surface area contributed by atoms with Crippen LogP contribution >= 0.6 is 7.82 Å². The van der Waals surface area contributed by atoms with Crippen molar-refractivity contribution in [1.82, 2.24) is 14.1 Å². The molecule has 36 heavy (non-hydrogen) atoms. The van der Waals surface area contributed by atoms with Gasteiger partial charge in [-0.05, 0) is 35.4 Å². The fourth-order valence-electron chi connectivity index (χ4n) is 3.63. The van der Waals surface area contributed by atoms with Gasteiger partial charge < -0.3 is 24.7 Å². The topological polar surface area (TPSA) is 173 Å². The van der Waals surface area contributed by atoms with Crippen LogP contribution in [-0.4, -0.2) is 46.8 Å². The average molecular weight is 521 g/mol. The normalized spacial score (nSPS) is 18.2. The fourth-order valence-corrected chi connectivity index (χ4v) is 3.91. The van der Waals surface area contributed by atoms with Crippen LogP contribution in [0, 0.1) is 5.82 Å². The molecule has 3 heterocycles. The zero-order valence-electron chi connectivity index (χ0n) is 18.5. The molecule has 1 aromatic carbocycles. The Morgan fingerprint density at radius 1 is 1.14 bits per heavy atom. The fraction of sp³-hybridized carbons (Fsp3) is 0.227. The number of nitrogens with zero attached hydrogens (tertiary/aromatic N) is 3. The van der Waals surface area contributed by atoms with Gasteiger partial charge in [-0.25, -0.2) is 13.8 Å². The first kappa shape index (κ1) is 25.5. The van der Waals surface area contributed by atoms with Crippen LogP contribution in [0.1, 0.15) is 18.3 Å². The van der Waals surface area contributed by atoms with Gasteiger partial charge in [0.05, 0.1) is 12.2 Å². The van der Waals surface area contributed by atoms with Crippen LogP contribution in [0.2, 0.25) is 0 Å². The molecule has 2 aromatic heterocycles. The predicted octanol–water partition coefficient (Wildman–Crippen LogP) is 1.42. The van der Waals surface area contributed by atoms with Crippen molar-refractivity contribution in [2.75, 3.05) is 6.61 Å². The number of halogens is 1. The Bertz CT molecular complexity index is 1460. The van der Waals surface area contributed by atoms with E-state index in [1.807, 2.05) is 0 Å². The van der Waals surface area contributed by atoms with E-state index >= 15 is 0 Å². The Morgan fingerprint density at radius 3 is 2.56 bits per heavy atom. The standard InChI is InChI=1S/C22H21FN3O9P/c23-15-3-1-13(2-4-15)14-5-7-24-16(9-14)11-26-20(29)6-8-25(22(26)30)21-18(28)10-17(27)19(35-21)12-34-36(31,32)33/h1-9,18,21,27-28H,10-12H2,(H2,31,32,33)/t18-,21+/m0/s1. The van der Waals surface area contributed by atoms with Gasteiger partial charge >= 0.3 is 13.5 Å². The van der Waals surface area contributed by atoms with E-state index in [1.54, 1.807) is 24.3 Å². The first-order valence-electron chi connectivity index (χ1n) is 10.5. The lowest BCUT2D eigenvalue weighted by Crippen LogP contribution is -2.45. The van der Waals surface area contributed by atoms with E-state index < -0.39 is 56.0 Å². The van der Waals surface area contributed by atoms with Crippen LogP contribution in [0.5, 0.6) is 0 Å². The summed E-state index contributed by atoms with van der Waals surface area (Å²) in [5.74, 6) is -1.28. The lowest BCUT2D eigenvalue weighted by atomic mass is 10.1. The highest BCUT2D eigenvalue weighted by Gasteiger charge is 2.34. The van der Waals surface area contributed by atoms with Crippen molar-refractivity contribution < 1.29 is 38.2 Å². The summed E-state index contributed by atoms with van der Waals surface area (Å²) < 4.78 is 35.8. The summed E-state index contributed by atoms with van der Waals surface area (Å²) in [5.41, 5.74) is 0.224. The van der Waals surface area contributed by atoms with Crippen LogP contribution in [0.3, 0.4) is 0 Å². The molecule has 0 fully saturated rings. The smallest absolute Gasteiger partial charge is 0.470 e. The first-order chi connectivity index (χ1) is 17.0. The molecule has 4 rings (SSSR count). The van der Waals surface area contributed by atoms with Crippen molar-refractivity contribution in [3.63, 3.8) is 0 Å². The number of ether oxygens (including phenoxy) is 1. The summed E-state index contributed by atoms with van der Waals surface area (Å²) >= 11 is 0. The van der Waals surface area contributed by atoms with Crippen molar-refractivity contribution in [3.8, 4) is 11.1 Å². The van der Waals surface area contributed by atoms with E-state index in [1.165, 1.54) is 18.3 Å². The molecule has 3 aromatic rings. The van der Waals surface area contributed by atoms with Gasteiger partial charge in [0, 0.05) is 24.9 Å². The number of aliphatic hydroxyl groups excluding tert-OH is 2. The highest BCUT2D eigenvalue weighted by atomic mass is 31.2. The second-order valence-corrected chi connectivity index (χ2v) is 9.13. The molecule has 12 nitrogen and oxygen atoms in total. The lowest BCUT2D eigenvalue weighted by molar-refractivity contribution is -0.0852. The van der Waals surface area contributed by atoms with E-state index in [0.29, 0.717) is 16.8 Å². The number of hydrogen-bond acceptors (Lipinski definition) is 8. The first-order valence-corrected chi connectivity index (χ1v) is 12.0. The summed E-state index contributed by atoms with van der Waals surface area (Å²) in [6.45, 7) is -1.04. The Labute approximate surface area is 202 Å². The molecule has 0 saturated heterocycles. The molecular formula is C22H21FN3O9P. The molecule has 4 N–H and O–H groups in total. The number of pyridine rings is 1. The molecule has 0 saturated carbocycles. The average Bonchev–Trinajstić information content (AvgIpc) is 2.82. The van der Waals surface area contributed by atoms with Crippen LogP contribution in [0.25, 0.3) is 11.1 Å². The maximum Gasteiger partial charge on any atom is 0.470 e. The minimum atomic E-state index is -4.88. The summed E-state index contributed by atoms with van der Waals surface area (Å²) in [7, 11) is -4.88. The van der Waals surface area contributed by atoms with Crippen molar-refractivity contribution in [1.29, 1.82) is 0 Å². The number of phosphoric ester groups is 1. The van der Waals surface area contributed by atoms with Gasteiger partial charge in [0.25, 0.3) is 5.56 Å². The van der Waals surface area contributed by atoms with Crippen molar-refractivity contribution in [2.45, 2.75) is 25.3 Å². The summed E-state index contributed by atoms with van der Waals surface area (Å²) in [4.78, 5) is 47.6. The van der Waals surface area contributed by atoms with Gasteiger partial charge in [0.2, 0.25) is 6.23 Å². The van der Waals surface area contributed by atoms with Gasteiger partial charge in [0.15, 0.2) is 5.76 Å². The van der Waals surface area contributed by atoms with Crippen LogP contribution in [-0.2, 0) is 20.4 Å². The maximum absolute atomic E-state index is 13.2. The highest BCUT2D eigenvalue weighted by Crippen LogP contribution is 2.38. The lowest BCUT2D eigenvalue weighted by Gasteiger charge is -2.31. The number of aliphatic hydroxyl groups is 2. The molecule has 0 aliphatic carbocycles. The van der Waals surface area contributed by atoms with Gasteiger partial charge in [0.1, 0.15) is 24.3 Å². The largest absolute Gasteiger partial charge is 0.509 e. The molecule has 0 radical (unpaired) electrons. The highest BCUT2D eigenvalue weighted by molar-refractivity contribution is 7.46. The molecule has 0 spiro atoms. The molecule has 14 heteroatoms. The zero-order chi connectivity index (χ0) is 26.0. The number of aromatic nitrogens is 3.